The Morgan fingerprint density at radius 1 is 1.13 bits per heavy atom. The number of fused-ring (bicyclic) bond motifs is 1. The molecule has 0 bridgehead atoms. The molecule has 6 nitrogen and oxygen atoms in total. The standard InChI is InChI=1S/C22H21Cl2N3O3/c1-30-21-17(23)8-14(9-18(21)24)12-26-20-10-13(11-25)2-7-19(20)27(22(26)29)15-3-5-16(28)6-4-15/h2,7-10,15-16,28H,3-6,12H2,1H3/t15-,16-. The van der Waals surface area contributed by atoms with E-state index in [-0.39, 0.29) is 24.4 Å². The van der Waals surface area contributed by atoms with Crippen LogP contribution in [0.25, 0.3) is 11.0 Å². The maximum Gasteiger partial charge on any atom is 0.329 e. The molecular formula is C22H21Cl2N3O3. The maximum absolute atomic E-state index is 13.5. The molecule has 0 radical (unpaired) electrons. The molecule has 156 valence electrons. The molecule has 0 spiro atoms. The summed E-state index contributed by atoms with van der Waals surface area (Å²) in [6.45, 7) is 0.260. The molecule has 4 rings (SSSR count). The van der Waals surface area contributed by atoms with E-state index in [0.29, 0.717) is 39.7 Å². The van der Waals surface area contributed by atoms with E-state index in [2.05, 4.69) is 6.07 Å². The predicted octanol–water partition coefficient (Wildman–Crippen LogP) is 4.51. The second-order valence-corrected chi connectivity index (χ2v) is 8.42. The number of benzene rings is 2. The highest BCUT2D eigenvalue weighted by Gasteiger charge is 2.26. The number of ether oxygens (including phenoxy) is 1. The average molecular weight is 446 g/mol. The minimum Gasteiger partial charge on any atom is -0.494 e. The van der Waals surface area contributed by atoms with Crippen molar-refractivity contribution in [2.75, 3.05) is 7.11 Å². The summed E-state index contributed by atoms with van der Waals surface area (Å²) in [7, 11) is 1.50. The molecule has 0 atom stereocenters. The van der Waals surface area contributed by atoms with E-state index in [9.17, 15) is 15.2 Å². The van der Waals surface area contributed by atoms with Gasteiger partial charge < -0.3 is 9.84 Å². The summed E-state index contributed by atoms with van der Waals surface area (Å²) in [6, 6.07) is 10.9. The molecule has 1 N–H and O–H groups in total. The Balaban J connectivity index is 1.84. The molecule has 8 heteroatoms. The minimum absolute atomic E-state index is 0.0145. The number of methoxy groups -OCH3 is 1. The zero-order chi connectivity index (χ0) is 21.4. The van der Waals surface area contributed by atoms with Gasteiger partial charge in [0.25, 0.3) is 0 Å². The van der Waals surface area contributed by atoms with Gasteiger partial charge in [-0.3, -0.25) is 9.13 Å². The van der Waals surface area contributed by atoms with Crippen LogP contribution in [0.4, 0.5) is 0 Å². The summed E-state index contributed by atoms with van der Waals surface area (Å²) in [5.41, 5.74) is 2.57. The number of halogens is 2. The predicted molar refractivity (Wildman–Crippen MR) is 117 cm³/mol. The van der Waals surface area contributed by atoms with Crippen molar-refractivity contribution in [1.82, 2.24) is 9.13 Å². The molecule has 0 unspecified atom stereocenters. The Morgan fingerprint density at radius 2 is 1.80 bits per heavy atom. The van der Waals surface area contributed by atoms with Gasteiger partial charge in [-0.15, -0.1) is 0 Å². The van der Waals surface area contributed by atoms with Crippen LogP contribution in [0.2, 0.25) is 10.0 Å². The number of hydrogen-bond donors (Lipinski definition) is 1. The molecule has 0 saturated heterocycles. The highest BCUT2D eigenvalue weighted by atomic mass is 35.5. The van der Waals surface area contributed by atoms with Crippen molar-refractivity contribution in [3.05, 3.63) is 62.0 Å². The van der Waals surface area contributed by atoms with Crippen LogP contribution in [-0.2, 0) is 6.54 Å². The van der Waals surface area contributed by atoms with Crippen molar-refractivity contribution in [2.45, 2.75) is 44.4 Å². The van der Waals surface area contributed by atoms with Gasteiger partial charge in [0, 0.05) is 6.04 Å². The molecule has 0 aliphatic heterocycles. The Labute approximate surface area is 183 Å². The van der Waals surface area contributed by atoms with Crippen LogP contribution in [0.5, 0.6) is 5.75 Å². The molecule has 2 aromatic carbocycles. The van der Waals surface area contributed by atoms with E-state index in [4.69, 9.17) is 27.9 Å². The molecule has 3 aromatic rings. The number of nitriles is 1. The van der Waals surface area contributed by atoms with Gasteiger partial charge in [0.1, 0.15) is 0 Å². The third-order valence-corrected chi connectivity index (χ3v) is 6.29. The van der Waals surface area contributed by atoms with Crippen molar-refractivity contribution < 1.29 is 9.84 Å². The van der Waals surface area contributed by atoms with Gasteiger partial charge in [-0.05, 0) is 61.6 Å². The van der Waals surface area contributed by atoms with E-state index in [1.807, 2.05) is 6.07 Å². The Bertz CT molecular complexity index is 1180. The summed E-state index contributed by atoms with van der Waals surface area (Å²) in [6.07, 6.45) is 2.51. The molecular weight excluding hydrogens is 425 g/mol. The van der Waals surface area contributed by atoms with E-state index in [1.54, 1.807) is 33.4 Å². The van der Waals surface area contributed by atoms with Crippen molar-refractivity contribution in [2.24, 2.45) is 0 Å². The number of aliphatic hydroxyl groups excluding tert-OH is 1. The summed E-state index contributed by atoms with van der Waals surface area (Å²) in [4.78, 5) is 13.5. The first-order valence-corrected chi connectivity index (χ1v) is 10.5. The van der Waals surface area contributed by atoms with Crippen molar-refractivity contribution in [3.8, 4) is 11.8 Å². The van der Waals surface area contributed by atoms with Crippen molar-refractivity contribution >= 4 is 34.2 Å². The smallest absolute Gasteiger partial charge is 0.329 e. The van der Waals surface area contributed by atoms with Gasteiger partial charge >= 0.3 is 5.69 Å². The van der Waals surface area contributed by atoms with Gasteiger partial charge in [0.05, 0.1) is 52.5 Å². The molecule has 1 heterocycles. The van der Waals surface area contributed by atoms with Crippen LogP contribution in [-0.4, -0.2) is 27.5 Å². The summed E-state index contributed by atoms with van der Waals surface area (Å²) in [5, 5.41) is 19.9. The number of aromatic nitrogens is 2. The number of imidazole rings is 1. The Kier molecular flexibility index (Phi) is 5.79. The Hall–Kier alpha value is -2.46. The van der Waals surface area contributed by atoms with Gasteiger partial charge in [0.2, 0.25) is 0 Å². The normalized spacial score (nSPS) is 19.0. The first-order chi connectivity index (χ1) is 14.4. The van der Waals surface area contributed by atoms with E-state index in [1.165, 1.54) is 7.11 Å². The number of nitrogens with zero attached hydrogens (tertiary/aromatic N) is 3. The van der Waals surface area contributed by atoms with Crippen LogP contribution in [0.3, 0.4) is 0 Å². The second-order valence-electron chi connectivity index (χ2n) is 7.61. The summed E-state index contributed by atoms with van der Waals surface area (Å²) >= 11 is 12.6. The molecule has 1 aromatic heterocycles. The van der Waals surface area contributed by atoms with Crippen LogP contribution in [0.1, 0.15) is 42.9 Å². The van der Waals surface area contributed by atoms with E-state index in [0.717, 1.165) is 23.9 Å². The lowest BCUT2D eigenvalue weighted by Crippen LogP contribution is -2.31. The van der Waals surface area contributed by atoms with Crippen molar-refractivity contribution in [3.63, 3.8) is 0 Å². The maximum atomic E-state index is 13.5. The zero-order valence-electron chi connectivity index (χ0n) is 16.4. The fourth-order valence-corrected chi connectivity index (χ4v) is 4.94. The number of hydrogen-bond acceptors (Lipinski definition) is 4. The molecule has 1 aliphatic rings. The van der Waals surface area contributed by atoms with Gasteiger partial charge in [0.15, 0.2) is 5.75 Å². The Morgan fingerprint density at radius 3 is 2.40 bits per heavy atom. The summed E-state index contributed by atoms with van der Waals surface area (Å²) in [5.74, 6) is 0.393. The van der Waals surface area contributed by atoms with Gasteiger partial charge in [-0.25, -0.2) is 4.79 Å². The monoisotopic (exact) mass is 445 g/mol. The molecule has 1 aliphatic carbocycles. The third-order valence-electron chi connectivity index (χ3n) is 5.73. The second kappa shape index (κ2) is 8.35. The van der Waals surface area contributed by atoms with Gasteiger partial charge in [-0.1, -0.05) is 23.2 Å². The third kappa shape index (κ3) is 3.69. The SMILES string of the molecule is COc1c(Cl)cc(Cn2c(=O)n([C@H]3CC[C@H](O)CC3)c3ccc(C#N)cc32)cc1Cl. The fourth-order valence-electron chi connectivity index (χ4n) is 4.25. The van der Waals surface area contributed by atoms with Crippen LogP contribution >= 0.6 is 23.2 Å². The molecule has 1 fully saturated rings. The first kappa shape index (κ1) is 20.8. The largest absolute Gasteiger partial charge is 0.494 e. The van der Waals surface area contributed by atoms with Gasteiger partial charge in [-0.2, -0.15) is 5.26 Å². The number of rotatable bonds is 4. The van der Waals surface area contributed by atoms with Crippen molar-refractivity contribution in [1.29, 1.82) is 5.26 Å². The average Bonchev–Trinajstić information content (AvgIpc) is 2.99. The topological polar surface area (TPSA) is 80.2 Å². The highest BCUT2D eigenvalue weighted by Crippen LogP contribution is 2.35. The molecule has 1 saturated carbocycles. The molecule has 30 heavy (non-hydrogen) atoms. The lowest BCUT2D eigenvalue weighted by molar-refractivity contribution is 0.110. The quantitative estimate of drug-likeness (QED) is 0.640. The lowest BCUT2D eigenvalue weighted by Gasteiger charge is -2.26. The van der Waals surface area contributed by atoms with Crippen LogP contribution in [0, 0.1) is 11.3 Å². The van der Waals surface area contributed by atoms with E-state index >= 15 is 0 Å². The van der Waals surface area contributed by atoms with Crippen LogP contribution in [0.15, 0.2) is 35.1 Å². The first-order valence-electron chi connectivity index (χ1n) is 9.77. The minimum atomic E-state index is -0.306. The highest BCUT2D eigenvalue weighted by molar-refractivity contribution is 6.37. The summed E-state index contributed by atoms with van der Waals surface area (Å²) < 4.78 is 8.65. The fraction of sp³-hybridized carbons (Fsp3) is 0.364. The lowest BCUT2D eigenvalue weighted by atomic mass is 9.93. The number of aliphatic hydroxyl groups is 1. The zero-order valence-corrected chi connectivity index (χ0v) is 18.0. The van der Waals surface area contributed by atoms with Crippen LogP contribution < -0.4 is 10.4 Å². The van der Waals surface area contributed by atoms with E-state index < -0.39 is 0 Å². The molecule has 0 amide bonds.